The Hall–Kier alpha value is -2.28. The van der Waals surface area contributed by atoms with Gasteiger partial charge in [-0.05, 0) is 13.0 Å². The fourth-order valence-electron chi connectivity index (χ4n) is 1.96. The predicted molar refractivity (Wildman–Crippen MR) is 71.1 cm³/mol. The van der Waals surface area contributed by atoms with Crippen LogP contribution in [0.4, 0.5) is 0 Å². The van der Waals surface area contributed by atoms with E-state index in [0.29, 0.717) is 18.8 Å². The van der Waals surface area contributed by atoms with Crippen molar-refractivity contribution in [2.45, 2.75) is 6.92 Å². The molecule has 2 rings (SSSR count). The number of terminal acetylenes is 1. The highest BCUT2D eigenvalue weighted by molar-refractivity contribution is 6.04. The lowest BCUT2D eigenvalue weighted by Crippen LogP contribution is -2.31. The Kier molecular flexibility index (Phi) is 3.33. The van der Waals surface area contributed by atoms with Crippen LogP contribution < -0.4 is 0 Å². The van der Waals surface area contributed by atoms with Gasteiger partial charge in [0.2, 0.25) is 0 Å². The minimum atomic E-state index is -0.118. The molecule has 0 radical (unpaired) electrons. The molecule has 0 unspecified atom stereocenters. The minimum Gasteiger partial charge on any atom is -0.326 e. The SMILES string of the molecule is C#CCN(CC)C(=O)c1nn(C)c2ccccc12. The third-order valence-electron chi connectivity index (χ3n) is 2.91. The highest BCUT2D eigenvalue weighted by Gasteiger charge is 2.20. The van der Waals surface area contributed by atoms with Gasteiger partial charge in [-0.2, -0.15) is 5.10 Å². The number of carbonyl (C=O) groups excluding carboxylic acids is 1. The van der Waals surface area contributed by atoms with Crippen molar-refractivity contribution in [1.29, 1.82) is 0 Å². The molecule has 1 amide bonds. The summed E-state index contributed by atoms with van der Waals surface area (Å²) in [5.74, 6) is 2.38. The number of aromatic nitrogens is 2. The molecule has 0 aliphatic rings. The van der Waals surface area contributed by atoms with Crippen molar-refractivity contribution in [3.05, 3.63) is 30.0 Å². The fourth-order valence-corrected chi connectivity index (χ4v) is 1.96. The second kappa shape index (κ2) is 4.92. The summed E-state index contributed by atoms with van der Waals surface area (Å²) in [7, 11) is 1.83. The van der Waals surface area contributed by atoms with Gasteiger partial charge in [-0.3, -0.25) is 9.48 Å². The number of rotatable bonds is 3. The minimum absolute atomic E-state index is 0.118. The molecule has 0 saturated heterocycles. The number of carbonyl (C=O) groups is 1. The van der Waals surface area contributed by atoms with E-state index in [1.54, 1.807) is 9.58 Å². The number of hydrogen-bond acceptors (Lipinski definition) is 2. The molecule has 4 nitrogen and oxygen atoms in total. The lowest BCUT2D eigenvalue weighted by molar-refractivity contribution is 0.0780. The Balaban J connectivity index is 2.48. The third kappa shape index (κ3) is 1.95. The molecule has 1 aromatic heterocycles. The summed E-state index contributed by atoms with van der Waals surface area (Å²) in [5.41, 5.74) is 1.41. The Morgan fingerprint density at radius 1 is 1.50 bits per heavy atom. The summed E-state index contributed by atoms with van der Waals surface area (Å²) >= 11 is 0. The summed E-state index contributed by atoms with van der Waals surface area (Å²) in [6.07, 6.45) is 5.27. The molecule has 0 aliphatic carbocycles. The van der Waals surface area contributed by atoms with Crippen molar-refractivity contribution in [1.82, 2.24) is 14.7 Å². The Morgan fingerprint density at radius 2 is 2.22 bits per heavy atom. The first-order valence-corrected chi connectivity index (χ1v) is 5.83. The molecule has 0 saturated carbocycles. The number of nitrogens with zero attached hydrogens (tertiary/aromatic N) is 3. The molecule has 0 aliphatic heterocycles. The molecule has 1 aromatic carbocycles. The second-order valence-corrected chi connectivity index (χ2v) is 4.01. The number of fused-ring (bicyclic) bond motifs is 1. The van der Waals surface area contributed by atoms with Crippen LogP contribution in [0.3, 0.4) is 0 Å². The number of para-hydroxylation sites is 1. The van der Waals surface area contributed by atoms with Crippen LogP contribution in [0.2, 0.25) is 0 Å². The van der Waals surface area contributed by atoms with Crippen LogP contribution >= 0.6 is 0 Å². The summed E-state index contributed by atoms with van der Waals surface area (Å²) in [6.45, 7) is 2.79. The topological polar surface area (TPSA) is 38.1 Å². The van der Waals surface area contributed by atoms with Crippen LogP contribution in [-0.2, 0) is 7.05 Å². The number of amides is 1. The van der Waals surface area contributed by atoms with Gasteiger partial charge in [0.05, 0.1) is 12.1 Å². The molecular formula is C14H15N3O. The molecule has 1 heterocycles. The lowest BCUT2D eigenvalue weighted by Gasteiger charge is -2.16. The quantitative estimate of drug-likeness (QED) is 0.767. The average Bonchev–Trinajstić information content (AvgIpc) is 2.73. The molecule has 0 atom stereocenters. The highest BCUT2D eigenvalue weighted by atomic mass is 16.2. The van der Waals surface area contributed by atoms with Gasteiger partial charge in [0.1, 0.15) is 0 Å². The zero-order valence-corrected chi connectivity index (χ0v) is 10.6. The first-order chi connectivity index (χ1) is 8.69. The van der Waals surface area contributed by atoms with Gasteiger partial charge in [-0.25, -0.2) is 0 Å². The van der Waals surface area contributed by atoms with E-state index < -0.39 is 0 Å². The zero-order valence-electron chi connectivity index (χ0n) is 10.6. The van der Waals surface area contributed by atoms with Crippen LogP contribution in [0.1, 0.15) is 17.4 Å². The zero-order chi connectivity index (χ0) is 13.1. The van der Waals surface area contributed by atoms with Gasteiger partial charge < -0.3 is 4.90 Å². The third-order valence-corrected chi connectivity index (χ3v) is 2.91. The van der Waals surface area contributed by atoms with Crippen molar-refractivity contribution < 1.29 is 4.79 Å². The summed E-state index contributed by atoms with van der Waals surface area (Å²) < 4.78 is 1.71. The first kappa shape index (κ1) is 12.2. The van der Waals surface area contributed by atoms with Gasteiger partial charge in [0.15, 0.2) is 5.69 Å². The highest BCUT2D eigenvalue weighted by Crippen LogP contribution is 2.18. The van der Waals surface area contributed by atoms with Crippen LogP contribution in [0, 0.1) is 12.3 Å². The van der Waals surface area contributed by atoms with Gasteiger partial charge in [-0.1, -0.05) is 24.1 Å². The van der Waals surface area contributed by atoms with Crippen molar-refractivity contribution >= 4 is 16.8 Å². The van der Waals surface area contributed by atoms with E-state index in [9.17, 15) is 4.79 Å². The van der Waals surface area contributed by atoms with Crippen LogP contribution in [0.15, 0.2) is 24.3 Å². The molecule has 92 valence electrons. The maximum absolute atomic E-state index is 12.3. The van der Waals surface area contributed by atoms with E-state index in [-0.39, 0.29) is 5.91 Å². The summed E-state index contributed by atoms with van der Waals surface area (Å²) in [6, 6.07) is 7.67. The molecule has 18 heavy (non-hydrogen) atoms. The van der Waals surface area contributed by atoms with Gasteiger partial charge in [-0.15, -0.1) is 6.42 Å². The maximum Gasteiger partial charge on any atom is 0.275 e. The smallest absolute Gasteiger partial charge is 0.275 e. The molecule has 2 aromatic rings. The molecule has 0 N–H and O–H groups in total. The lowest BCUT2D eigenvalue weighted by atomic mass is 10.2. The van der Waals surface area contributed by atoms with Crippen LogP contribution in [-0.4, -0.2) is 33.7 Å². The molecular weight excluding hydrogens is 226 g/mol. The average molecular weight is 241 g/mol. The van der Waals surface area contributed by atoms with Crippen molar-refractivity contribution in [2.75, 3.05) is 13.1 Å². The Morgan fingerprint density at radius 3 is 2.89 bits per heavy atom. The maximum atomic E-state index is 12.3. The van der Waals surface area contributed by atoms with Crippen LogP contribution in [0.25, 0.3) is 10.9 Å². The molecule has 0 bridgehead atoms. The van der Waals surface area contributed by atoms with E-state index in [1.165, 1.54) is 0 Å². The molecule has 0 spiro atoms. The summed E-state index contributed by atoms with van der Waals surface area (Å²) in [4.78, 5) is 14.0. The van der Waals surface area contributed by atoms with Crippen LogP contribution in [0.5, 0.6) is 0 Å². The van der Waals surface area contributed by atoms with E-state index in [4.69, 9.17) is 6.42 Å². The predicted octanol–water partition coefficient (Wildman–Crippen LogP) is 1.67. The number of hydrogen-bond donors (Lipinski definition) is 0. The first-order valence-electron chi connectivity index (χ1n) is 5.83. The van der Waals surface area contributed by atoms with Gasteiger partial charge in [0.25, 0.3) is 5.91 Å². The largest absolute Gasteiger partial charge is 0.326 e. The fraction of sp³-hybridized carbons (Fsp3) is 0.286. The van der Waals surface area contributed by atoms with Crippen molar-refractivity contribution in [3.8, 4) is 12.3 Å². The Bertz CT molecular complexity index is 621. The monoisotopic (exact) mass is 241 g/mol. The van der Waals surface area contributed by atoms with E-state index in [1.807, 2.05) is 38.2 Å². The normalized spacial score (nSPS) is 10.3. The van der Waals surface area contributed by atoms with E-state index in [2.05, 4.69) is 11.0 Å². The standard InChI is InChI=1S/C14H15N3O/c1-4-10-17(5-2)14(18)13-11-8-6-7-9-12(11)16(3)15-13/h1,6-9H,5,10H2,2-3H3. The Labute approximate surface area is 106 Å². The van der Waals surface area contributed by atoms with E-state index >= 15 is 0 Å². The van der Waals surface area contributed by atoms with E-state index in [0.717, 1.165) is 10.9 Å². The van der Waals surface area contributed by atoms with Crippen molar-refractivity contribution in [2.24, 2.45) is 7.05 Å². The van der Waals surface area contributed by atoms with Crippen molar-refractivity contribution in [3.63, 3.8) is 0 Å². The number of benzene rings is 1. The van der Waals surface area contributed by atoms with Gasteiger partial charge in [0, 0.05) is 19.0 Å². The number of aryl methyl sites for hydroxylation is 1. The molecule has 4 heteroatoms. The second-order valence-electron chi connectivity index (χ2n) is 4.01. The van der Waals surface area contributed by atoms with Gasteiger partial charge >= 0.3 is 0 Å². The summed E-state index contributed by atoms with van der Waals surface area (Å²) in [5, 5.41) is 5.16. The molecule has 0 fully saturated rings.